The molecule has 3 heterocycles. The summed E-state index contributed by atoms with van der Waals surface area (Å²) in [7, 11) is 0. The molecule has 12 heteroatoms. The number of aromatic nitrogens is 4. The van der Waals surface area contributed by atoms with E-state index in [9.17, 15) is 15.0 Å². The Morgan fingerprint density at radius 3 is 2.40 bits per heavy atom. The Hall–Kier alpha value is -2.26. The number of rotatable bonds is 10. The number of aliphatic hydroxyl groups excluding tert-OH is 1. The summed E-state index contributed by atoms with van der Waals surface area (Å²) < 4.78 is 10.2. The summed E-state index contributed by atoms with van der Waals surface area (Å²) in [6, 6.07) is 16.0. The van der Waals surface area contributed by atoms with Crippen molar-refractivity contribution in [3.63, 3.8) is 0 Å². The number of benzene rings is 2. The molecule has 6 rings (SSSR count). The average Bonchev–Trinajstić information content (AvgIpc) is 3.64. The van der Waals surface area contributed by atoms with Crippen LogP contribution >= 0.6 is 0 Å². The SMILES string of the molecule is CCCc1c(Cc2ccc(-c3ccccc3C3=NC(O)ON3)cc2)c(=O)n(C2CCC(C)(OC(C)C(C)(C)O)CC2)c2nc(C)nn12.[K+]. The first kappa shape index (κ1) is 37.0. The number of aliphatic imine (C=N–C) groups is 1. The van der Waals surface area contributed by atoms with E-state index in [4.69, 9.17) is 19.7 Å². The minimum Gasteiger partial charge on any atom is -0.388 e. The predicted molar refractivity (Wildman–Crippen MR) is 180 cm³/mol. The van der Waals surface area contributed by atoms with Crippen molar-refractivity contribution in [2.45, 2.75) is 116 Å². The molecule has 2 aromatic heterocycles. The number of amidine groups is 1. The summed E-state index contributed by atoms with van der Waals surface area (Å²) in [6.45, 7) is 11.5. The van der Waals surface area contributed by atoms with Crippen molar-refractivity contribution in [2.24, 2.45) is 4.99 Å². The van der Waals surface area contributed by atoms with E-state index < -0.39 is 12.0 Å². The Bertz CT molecular complexity index is 1840. The van der Waals surface area contributed by atoms with Gasteiger partial charge in [0.15, 0.2) is 5.84 Å². The van der Waals surface area contributed by atoms with Crippen molar-refractivity contribution >= 4 is 11.6 Å². The first-order chi connectivity index (χ1) is 22.4. The van der Waals surface area contributed by atoms with Crippen molar-refractivity contribution in [2.75, 3.05) is 0 Å². The number of nitrogens with one attached hydrogen (secondary N) is 1. The summed E-state index contributed by atoms with van der Waals surface area (Å²) in [4.78, 5) is 28.4. The van der Waals surface area contributed by atoms with Crippen LogP contribution in [-0.4, -0.2) is 58.9 Å². The van der Waals surface area contributed by atoms with Gasteiger partial charge in [0.2, 0.25) is 5.78 Å². The Balaban J connectivity index is 0.00000451. The van der Waals surface area contributed by atoms with Crippen LogP contribution < -0.4 is 62.4 Å². The summed E-state index contributed by atoms with van der Waals surface area (Å²) >= 11 is 0. The molecule has 0 radical (unpaired) electrons. The van der Waals surface area contributed by atoms with E-state index in [0.717, 1.165) is 65.6 Å². The minimum absolute atomic E-state index is 0. The van der Waals surface area contributed by atoms with Crippen LogP contribution in [0.3, 0.4) is 0 Å². The zero-order valence-electron chi connectivity index (χ0n) is 29.2. The van der Waals surface area contributed by atoms with E-state index in [1.807, 2.05) is 59.3 Å². The second-order valence-corrected chi connectivity index (χ2v) is 13.8. The average molecular weight is 682 g/mol. The number of aryl methyl sites for hydroxylation is 2. The summed E-state index contributed by atoms with van der Waals surface area (Å²) in [5.74, 6) is 1.71. The van der Waals surface area contributed by atoms with Gasteiger partial charge >= 0.3 is 51.4 Å². The van der Waals surface area contributed by atoms with Crippen molar-refractivity contribution in [3.8, 4) is 11.1 Å². The maximum absolute atomic E-state index is 14.5. The maximum Gasteiger partial charge on any atom is 1.00 e. The van der Waals surface area contributed by atoms with Crippen LogP contribution in [0.5, 0.6) is 0 Å². The van der Waals surface area contributed by atoms with Crippen LogP contribution in [0.25, 0.3) is 16.9 Å². The van der Waals surface area contributed by atoms with E-state index in [2.05, 4.69) is 36.5 Å². The maximum atomic E-state index is 14.5. The molecule has 48 heavy (non-hydrogen) atoms. The molecule has 1 aliphatic carbocycles. The van der Waals surface area contributed by atoms with Gasteiger partial charge in [-0.2, -0.15) is 10.1 Å². The number of hydrogen-bond donors (Lipinski definition) is 3. The zero-order valence-corrected chi connectivity index (χ0v) is 32.3. The standard InChI is InChI=1S/C36H46N6O5.K/c1-7-10-30-29(21-24-13-15-25(16-14-24)27-11-8-9-12-28(27)31-38-34(44)47-40-31)32(43)41(33-37-23(3)39-42(30)33)26-17-19-36(6,20-18-26)46-22(2)35(4,5)45;/h8-9,11-16,22,26,34,44-45H,7,10,17-21H2,1-6H3,(H,38,40);/q;+1. The van der Waals surface area contributed by atoms with Crippen molar-refractivity contribution < 1.29 is 71.2 Å². The summed E-state index contributed by atoms with van der Waals surface area (Å²) in [5.41, 5.74) is 6.80. The minimum atomic E-state index is -1.23. The van der Waals surface area contributed by atoms with Crippen molar-refractivity contribution in [1.29, 1.82) is 0 Å². The predicted octanol–water partition coefficient (Wildman–Crippen LogP) is 2.02. The van der Waals surface area contributed by atoms with Crippen LogP contribution in [0, 0.1) is 6.92 Å². The number of hydrogen-bond acceptors (Lipinski definition) is 9. The quantitative estimate of drug-likeness (QED) is 0.217. The van der Waals surface area contributed by atoms with Crippen LogP contribution in [0.1, 0.15) is 101 Å². The van der Waals surface area contributed by atoms with Gasteiger partial charge in [-0.05, 0) is 83.4 Å². The van der Waals surface area contributed by atoms with E-state index in [1.165, 1.54) is 0 Å². The molecule has 0 amide bonds. The summed E-state index contributed by atoms with van der Waals surface area (Å²) in [6.07, 6.45) is 3.57. The van der Waals surface area contributed by atoms with Gasteiger partial charge < -0.3 is 14.9 Å². The second-order valence-electron chi connectivity index (χ2n) is 13.8. The third-order valence-electron chi connectivity index (χ3n) is 9.64. The van der Waals surface area contributed by atoms with Gasteiger partial charge in [-0.1, -0.05) is 61.9 Å². The molecule has 0 spiro atoms. The van der Waals surface area contributed by atoms with Crippen LogP contribution in [-0.2, 0) is 22.4 Å². The Kier molecular flexibility index (Phi) is 11.5. The van der Waals surface area contributed by atoms with E-state index >= 15 is 0 Å². The molecule has 4 aromatic rings. The molecular formula is C36H46KN6O5+. The molecule has 2 atom stereocenters. The van der Waals surface area contributed by atoms with Gasteiger partial charge in [0.25, 0.3) is 12.0 Å². The first-order valence-electron chi connectivity index (χ1n) is 16.6. The molecule has 0 saturated heterocycles. The van der Waals surface area contributed by atoms with Crippen LogP contribution in [0.15, 0.2) is 58.3 Å². The van der Waals surface area contributed by atoms with Crippen molar-refractivity contribution in [1.82, 2.24) is 24.6 Å². The topological polar surface area (TPSA) is 136 Å². The van der Waals surface area contributed by atoms with Gasteiger partial charge in [-0.15, -0.1) is 0 Å². The Morgan fingerprint density at radius 1 is 1.12 bits per heavy atom. The summed E-state index contributed by atoms with van der Waals surface area (Å²) in [5, 5.41) is 25.0. The number of hydroxylamine groups is 1. The number of nitrogens with zero attached hydrogens (tertiary/aromatic N) is 5. The number of ether oxygens (including phenoxy) is 1. The second kappa shape index (κ2) is 14.9. The van der Waals surface area contributed by atoms with E-state index in [0.29, 0.717) is 30.3 Å². The molecule has 0 bridgehead atoms. The third kappa shape index (κ3) is 7.72. The molecule has 2 aliphatic rings. The smallest absolute Gasteiger partial charge is 0.388 e. The molecule has 2 unspecified atom stereocenters. The molecule has 250 valence electrons. The van der Waals surface area contributed by atoms with Crippen LogP contribution in [0.2, 0.25) is 0 Å². The Morgan fingerprint density at radius 2 is 1.79 bits per heavy atom. The Labute approximate surface area is 324 Å². The molecule has 11 nitrogen and oxygen atoms in total. The largest absolute Gasteiger partial charge is 1.00 e. The van der Waals surface area contributed by atoms with E-state index in [1.54, 1.807) is 13.8 Å². The van der Waals surface area contributed by atoms with Gasteiger partial charge in [0.05, 0.1) is 23.0 Å². The molecular weight excluding hydrogens is 636 g/mol. The molecule has 3 N–H and O–H groups in total. The first-order valence-corrected chi connectivity index (χ1v) is 16.6. The third-order valence-corrected chi connectivity index (χ3v) is 9.64. The fourth-order valence-corrected chi connectivity index (χ4v) is 6.73. The monoisotopic (exact) mass is 681 g/mol. The van der Waals surface area contributed by atoms with Gasteiger partial charge in [-0.25, -0.2) is 19.8 Å². The molecule has 1 fully saturated rings. The number of fused-ring (bicyclic) bond motifs is 1. The molecule has 2 aromatic carbocycles. The molecule has 1 aliphatic heterocycles. The van der Waals surface area contributed by atoms with Gasteiger partial charge in [0.1, 0.15) is 5.82 Å². The fraction of sp³-hybridized carbons (Fsp3) is 0.500. The van der Waals surface area contributed by atoms with Crippen molar-refractivity contribution in [3.05, 3.63) is 87.1 Å². The van der Waals surface area contributed by atoms with Gasteiger partial charge in [-0.3, -0.25) is 9.36 Å². The van der Waals surface area contributed by atoms with Gasteiger partial charge in [0, 0.05) is 23.6 Å². The normalized spacial score (nSPS) is 21.9. The number of aliphatic hydroxyl groups is 2. The molecule has 1 saturated carbocycles. The fourth-order valence-electron chi connectivity index (χ4n) is 6.73. The zero-order chi connectivity index (χ0) is 33.5. The van der Waals surface area contributed by atoms with Crippen LogP contribution in [0.4, 0.5) is 0 Å². The van der Waals surface area contributed by atoms with E-state index in [-0.39, 0.29) is 74.7 Å².